The number of hydrogen-bond acceptors (Lipinski definition) is 5. The molecule has 1 fully saturated rings. The molecule has 0 atom stereocenters. The highest BCUT2D eigenvalue weighted by Gasteiger charge is 2.24. The van der Waals surface area contributed by atoms with Crippen molar-refractivity contribution in [3.63, 3.8) is 0 Å². The first-order valence-electron chi connectivity index (χ1n) is 7.45. The normalized spacial score (nSPS) is 16.0. The van der Waals surface area contributed by atoms with E-state index >= 15 is 0 Å². The number of nitrogens with zero attached hydrogens (tertiary/aromatic N) is 1. The van der Waals surface area contributed by atoms with Crippen LogP contribution in [0.15, 0.2) is 51.8 Å². The van der Waals surface area contributed by atoms with Crippen LogP contribution in [0.1, 0.15) is 17.0 Å². The maximum atomic E-state index is 11.6. The molecule has 0 saturated carbocycles. The van der Waals surface area contributed by atoms with Gasteiger partial charge in [-0.2, -0.15) is 0 Å². The SMILES string of the molecule is O=C1NC(=O)/C(=C/c2ccc3oc(Cc4ccc(Cl)cc4)nc3c2)S1. The summed E-state index contributed by atoms with van der Waals surface area (Å²) in [7, 11) is 0. The summed E-state index contributed by atoms with van der Waals surface area (Å²) >= 11 is 6.78. The van der Waals surface area contributed by atoms with Gasteiger partial charge in [-0.3, -0.25) is 14.9 Å². The van der Waals surface area contributed by atoms with Crippen molar-refractivity contribution in [2.75, 3.05) is 0 Å². The lowest BCUT2D eigenvalue weighted by atomic mass is 10.1. The van der Waals surface area contributed by atoms with Crippen LogP contribution in [0.5, 0.6) is 0 Å². The van der Waals surface area contributed by atoms with Crippen LogP contribution in [0.2, 0.25) is 5.02 Å². The Morgan fingerprint density at radius 2 is 1.96 bits per heavy atom. The lowest BCUT2D eigenvalue weighted by Gasteiger charge is -1.96. The van der Waals surface area contributed by atoms with E-state index in [2.05, 4.69) is 10.3 Å². The van der Waals surface area contributed by atoms with Gasteiger partial charge in [-0.1, -0.05) is 29.8 Å². The third kappa shape index (κ3) is 3.45. The number of benzene rings is 2. The minimum atomic E-state index is -0.376. The van der Waals surface area contributed by atoms with Gasteiger partial charge in [0, 0.05) is 11.4 Å². The first kappa shape index (κ1) is 15.9. The summed E-state index contributed by atoms with van der Waals surface area (Å²) in [5.41, 5.74) is 3.21. The lowest BCUT2D eigenvalue weighted by Crippen LogP contribution is -2.17. The standard InChI is InChI=1S/C18H11ClN2O3S/c19-12-4-1-10(2-5-12)9-16-20-13-7-11(3-6-14(13)24-16)8-15-17(22)21-18(23)25-15/h1-8H,9H2,(H,21,22,23)/b15-8-. The van der Waals surface area contributed by atoms with Gasteiger partial charge < -0.3 is 4.42 Å². The maximum absolute atomic E-state index is 11.6. The van der Waals surface area contributed by atoms with Crippen molar-refractivity contribution in [2.24, 2.45) is 0 Å². The highest BCUT2D eigenvalue weighted by atomic mass is 35.5. The smallest absolute Gasteiger partial charge is 0.290 e. The predicted molar refractivity (Wildman–Crippen MR) is 97.4 cm³/mol. The minimum absolute atomic E-state index is 0.357. The van der Waals surface area contributed by atoms with E-state index in [1.165, 1.54) is 0 Å². The number of nitrogens with one attached hydrogen (secondary N) is 1. The molecule has 124 valence electrons. The van der Waals surface area contributed by atoms with Gasteiger partial charge in [0.25, 0.3) is 11.1 Å². The van der Waals surface area contributed by atoms with Crippen LogP contribution in [0.4, 0.5) is 4.79 Å². The Hall–Kier alpha value is -2.57. The summed E-state index contributed by atoms with van der Waals surface area (Å²) in [6.45, 7) is 0. The Bertz CT molecular complexity index is 1020. The summed E-state index contributed by atoms with van der Waals surface area (Å²) in [5.74, 6) is 0.226. The fourth-order valence-electron chi connectivity index (χ4n) is 2.51. The third-order valence-corrected chi connectivity index (χ3v) is 4.73. The van der Waals surface area contributed by atoms with E-state index in [9.17, 15) is 9.59 Å². The van der Waals surface area contributed by atoms with E-state index in [0.29, 0.717) is 33.3 Å². The number of fused-ring (bicyclic) bond motifs is 1. The number of hydrogen-bond donors (Lipinski definition) is 1. The van der Waals surface area contributed by atoms with E-state index < -0.39 is 0 Å². The number of halogens is 1. The second-order valence-corrected chi connectivity index (χ2v) is 6.94. The molecule has 1 aromatic heterocycles. The second-order valence-electron chi connectivity index (χ2n) is 5.49. The Morgan fingerprint density at radius 1 is 1.16 bits per heavy atom. The number of oxazole rings is 1. The average molecular weight is 371 g/mol. The molecule has 0 spiro atoms. The minimum Gasteiger partial charge on any atom is -0.440 e. The Kier molecular flexibility index (Phi) is 4.07. The molecular formula is C18H11ClN2O3S. The van der Waals surface area contributed by atoms with Crippen LogP contribution in [0.3, 0.4) is 0 Å². The van der Waals surface area contributed by atoms with Crippen LogP contribution in [-0.2, 0) is 11.2 Å². The van der Waals surface area contributed by atoms with Crippen LogP contribution < -0.4 is 5.32 Å². The molecule has 2 amide bonds. The number of imide groups is 1. The number of carbonyl (C=O) groups is 2. The summed E-state index contributed by atoms with van der Waals surface area (Å²) < 4.78 is 5.76. The molecule has 1 aliphatic heterocycles. The van der Waals surface area contributed by atoms with Gasteiger partial charge in [0.05, 0.1) is 4.91 Å². The fourth-order valence-corrected chi connectivity index (χ4v) is 3.32. The molecule has 4 rings (SSSR count). The molecule has 0 unspecified atom stereocenters. The summed E-state index contributed by atoms with van der Waals surface area (Å²) in [4.78, 5) is 27.7. The van der Waals surface area contributed by atoms with Crippen molar-refractivity contribution in [1.82, 2.24) is 10.3 Å². The highest BCUT2D eigenvalue weighted by Crippen LogP contribution is 2.27. The molecule has 7 heteroatoms. The highest BCUT2D eigenvalue weighted by molar-refractivity contribution is 8.18. The lowest BCUT2D eigenvalue weighted by molar-refractivity contribution is -0.115. The second kappa shape index (κ2) is 6.38. The zero-order valence-electron chi connectivity index (χ0n) is 12.8. The van der Waals surface area contributed by atoms with Crippen LogP contribution in [0, 0.1) is 0 Å². The fraction of sp³-hybridized carbons (Fsp3) is 0.0556. The number of thioether (sulfide) groups is 1. The third-order valence-electron chi connectivity index (χ3n) is 3.66. The Morgan fingerprint density at radius 3 is 2.68 bits per heavy atom. The number of carbonyl (C=O) groups excluding carboxylic acids is 2. The Balaban J connectivity index is 1.61. The summed E-state index contributed by atoms with van der Waals surface area (Å²) in [6.07, 6.45) is 2.23. The maximum Gasteiger partial charge on any atom is 0.290 e. The molecule has 0 bridgehead atoms. The van der Waals surface area contributed by atoms with Crippen molar-refractivity contribution in [3.05, 3.63) is 69.4 Å². The van der Waals surface area contributed by atoms with E-state index in [1.54, 1.807) is 12.1 Å². The zero-order valence-corrected chi connectivity index (χ0v) is 14.4. The van der Waals surface area contributed by atoms with Gasteiger partial charge in [0.2, 0.25) is 0 Å². The first-order valence-corrected chi connectivity index (χ1v) is 8.65. The van der Waals surface area contributed by atoms with Gasteiger partial charge >= 0.3 is 0 Å². The zero-order chi connectivity index (χ0) is 17.4. The molecule has 0 radical (unpaired) electrons. The number of amides is 2. The van der Waals surface area contributed by atoms with Crippen LogP contribution in [0.25, 0.3) is 17.2 Å². The number of aromatic nitrogens is 1. The predicted octanol–water partition coefficient (Wildman–Crippen LogP) is 4.40. The van der Waals surface area contributed by atoms with Gasteiger partial charge in [-0.25, -0.2) is 4.98 Å². The average Bonchev–Trinajstić information content (AvgIpc) is 3.11. The molecule has 1 saturated heterocycles. The molecule has 5 nitrogen and oxygen atoms in total. The molecule has 2 heterocycles. The molecular weight excluding hydrogens is 360 g/mol. The monoisotopic (exact) mass is 370 g/mol. The van der Waals surface area contributed by atoms with Gasteiger partial charge in [-0.05, 0) is 53.2 Å². The van der Waals surface area contributed by atoms with Crippen molar-refractivity contribution in [1.29, 1.82) is 0 Å². The first-order chi connectivity index (χ1) is 12.1. The summed E-state index contributed by atoms with van der Waals surface area (Å²) in [6, 6.07) is 13.0. The van der Waals surface area contributed by atoms with E-state index in [-0.39, 0.29) is 11.1 Å². The topological polar surface area (TPSA) is 72.2 Å². The van der Waals surface area contributed by atoms with E-state index in [1.807, 2.05) is 36.4 Å². The van der Waals surface area contributed by atoms with Gasteiger partial charge in [0.1, 0.15) is 5.52 Å². The summed E-state index contributed by atoms with van der Waals surface area (Å²) in [5, 5.41) is 2.56. The van der Waals surface area contributed by atoms with Crippen molar-refractivity contribution in [3.8, 4) is 0 Å². The molecule has 1 N–H and O–H groups in total. The molecule has 1 aliphatic rings. The van der Waals surface area contributed by atoms with Crippen molar-refractivity contribution >= 4 is 51.7 Å². The largest absolute Gasteiger partial charge is 0.440 e. The van der Waals surface area contributed by atoms with E-state index in [0.717, 1.165) is 22.9 Å². The van der Waals surface area contributed by atoms with Crippen LogP contribution in [-0.4, -0.2) is 16.1 Å². The quantitative estimate of drug-likeness (QED) is 0.692. The van der Waals surface area contributed by atoms with Crippen LogP contribution >= 0.6 is 23.4 Å². The van der Waals surface area contributed by atoms with E-state index in [4.69, 9.17) is 16.0 Å². The van der Waals surface area contributed by atoms with Crippen molar-refractivity contribution in [2.45, 2.75) is 6.42 Å². The molecule has 2 aromatic carbocycles. The van der Waals surface area contributed by atoms with Gasteiger partial charge in [0.15, 0.2) is 11.5 Å². The molecule has 25 heavy (non-hydrogen) atoms. The molecule has 0 aliphatic carbocycles. The Labute approximate surface area is 152 Å². The van der Waals surface area contributed by atoms with Crippen molar-refractivity contribution < 1.29 is 14.0 Å². The van der Waals surface area contributed by atoms with Gasteiger partial charge in [-0.15, -0.1) is 0 Å². The number of rotatable bonds is 3. The molecule has 3 aromatic rings.